The molecule has 2 N–H and O–H groups in total. The lowest BCUT2D eigenvalue weighted by molar-refractivity contribution is 0.0685. The zero-order chi connectivity index (χ0) is 13.7. The highest BCUT2D eigenvalue weighted by atomic mass is 79.9. The molecule has 0 fully saturated rings. The van der Waals surface area contributed by atoms with Crippen LogP contribution in [0, 0.1) is 0 Å². The van der Waals surface area contributed by atoms with E-state index in [1.807, 2.05) is 0 Å². The zero-order valence-corrected chi connectivity index (χ0v) is 11.0. The lowest BCUT2D eigenvalue weighted by Crippen LogP contribution is -2.08. The Hall–Kier alpha value is -1.01. The number of carboxylic acids is 1. The molecular formula is C12H13BrF2O3. The van der Waals surface area contributed by atoms with Crippen LogP contribution in [0.4, 0.5) is 8.78 Å². The number of aliphatic hydroxyl groups is 1. The predicted octanol–water partition coefficient (Wildman–Crippen LogP) is 3.62. The number of carboxylic acid groups (broad SMARTS) is 1. The summed E-state index contributed by atoms with van der Waals surface area (Å²) in [5.41, 5.74) is 0.230. The van der Waals surface area contributed by atoms with Gasteiger partial charge in [-0.05, 0) is 30.5 Å². The Balaban J connectivity index is 2.78. The fourth-order valence-electron chi connectivity index (χ4n) is 1.63. The number of alkyl halides is 2. The van der Waals surface area contributed by atoms with Gasteiger partial charge in [0.2, 0.25) is 6.43 Å². The molecule has 0 heterocycles. The van der Waals surface area contributed by atoms with Gasteiger partial charge in [0.15, 0.2) is 0 Å². The molecule has 6 heteroatoms. The summed E-state index contributed by atoms with van der Waals surface area (Å²) in [7, 11) is 0. The van der Waals surface area contributed by atoms with Crippen LogP contribution in [0.5, 0.6) is 0 Å². The monoisotopic (exact) mass is 322 g/mol. The first-order valence-electron chi connectivity index (χ1n) is 5.40. The number of benzene rings is 1. The summed E-state index contributed by atoms with van der Waals surface area (Å²) in [6, 6.07) is 4.48. The maximum atomic E-state index is 12.0. The SMILES string of the molecule is O=C(O)c1cc(Br)ccc1C(O)CCCC(F)F. The molecule has 3 nitrogen and oxygen atoms in total. The third-order valence-electron chi connectivity index (χ3n) is 2.50. The molecule has 0 aliphatic carbocycles. The van der Waals surface area contributed by atoms with Crippen LogP contribution in [0.15, 0.2) is 22.7 Å². The van der Waals surface area contributed by atoms with Crippen molar-refractivity contribution in [1.29, 1.82) is 0 Å². The minimum Gasteiger partial charge on any atom is -0.478 e. The van der Waals surface area contributed by atoms with E-state index < -0.39 is 18.5 Å². The topological polar surface area (TPSA) is 57.5 Å². The van der Waals surface area contributed by atoms with Crippen LogP contribution in [0.3, 0.4) is 0 Å². The van der Waals surface area contributed by atoms with Crippen molar-refractivity contribution >= 4 is 21.9 Å². The predicted molar refractivity (Wildman–Crippen MR) is 65.9 cm³/mol. The van der Waals surface area contributed by atoms with Crippen LogP contribution in [0.1, 0.15) is 41.3 Å². The molecule has 0 aromatic heterocycles. The second kappa shape index (κ2) is 6.80. The number of halogens is 3. The van der Waals surface area contributed by atoms with E-state index in [0.29, 0.717) is 4.47 Å². The number of carbonyl (C=O) groups is 1. The molecule has 0 saturated carbocycles. The highest BCUT2D eigenvalue weighted by molar-refractivity contribution is 9.10. The summed E-state index contributed by atoms with van der Waals surface area (Å²) in [6.45, 7) is 0. The van der Waals surface area contributed by atoms with E-state index >= 15 is 0 Å². The third kappa shape index (κ3) is 4.34. The van der Waals surface area contributed by atoms with Crippen molar-refractivity contribution in [2.24, 2.45) is 0 Å². The van der Waals surface area contributed by atoms with E-state index in [9.17, 15) is 18.7 Å². The number of aromatic carboxylic acids is 1. The number of hydrogen-bond donors (Lipinski definition) is 2. The van der Waals surface area contributed by atoms with Gasteiger partial charge in [0.25, 0.3) is 0 Å². The highest BCUT2D eigenvalue weighted by Gasteiger charge is 2.17. The summed E-state index contributed by atoms with van der Waals surface area (Å²) in [5.74, 6) is -1.15. The van der Waals surface area contributed by atoms with E-state index in [4.69, 9.17) is 5.11 Å². The van der Waals surface area contributed by atoms with Crippen LogP contribution >= 0.6 is 15.9 Å². The average Bonchev–Trinajstić information content (AvgIpc) is 2.28. The highest BCUT2D eigenvalue weighted by Crippen LogP contribution is 2.26. The van der Waals surface area contributed by atoms with Gasteiger partial charge in [0, 0.05) is 10.9 Å². The Bertz CT molecular complexity index is 424. The van der Waals surface area contributed by atoms with Crippen molar-refractivity contribution in [2.45, 2.75) is 31.8 Å². The van der Waals surface area contributed by atoms with E-state index in [1.54, 1.807) is 6.07 Å². The molecule has 1 aromatic rings. The van der Waals surface area contributed by atoms with Gasteiger partial charge in [0.1, 0.15) is 0 Å². The second-order valence-electron chi connectivity index (χ2n) is 3.87. The van der Waals surface area contributed by atoms with Gasteiger partial charge >= 0.3 is 5.97 Å². The summed E-state index contributed by atoms with van der Waals surface area (Å²) in [5, 5.41) is 18.8. The Morgan fingerprint density at radius 2 is 2.00 bits per heavy atom. The normalized spacial score (nSPS) is 12.7. The van der Waals surface area contributed by atoms with Gasteiger partial charge in [-0.2, -0.15) is 0 Å². The maximum Gasteiger partial charge on any atom is 0.336 e. The number of hydrogen-bond acceptors (Lipinski definition) is 2. The standard InChI is InChI=1S/C12H13BrF2O3/c13-7-4-5-8(9(6-7)12(17)18)10(16)2-1-3-11(14)15/h4-6,10-11,16H,1-3H2,(H,17,18). The lowest BCUT2D eigenvalue weighted by atomic mass is 9.98. The molecule has 1 aromatic carbocycles. The summed E-state index contributed by atoms with van der Waals surface area (Å²) >= 11 is 3.14. The summed E-state index contributed by atoms with van der Waals surface area (Å²) < 4.78 is 24.5. The Labute approximate surface area is 112 Å². The Morgan fingerprint density at radius 1 is 1.33 bits per heavy atom. The molecule has 1 unspecified atom stereocenters. The van der Waals surface area contributed by atoms with Gasteiger partial charge < -0.3 is 10.2 Å². The fourth-order valence-corrected chi connectivity index (χ4v) is 1.99. The Morgan fingerprint density at radius 3 is 2.56 bits per heavy atom. The average molecular weight is 323 g/mol. The maximum absolute atomic E-state index is 12.0. The molecule has 1 rings (SSSR count). The van der Waals surface area contributed by atoms with Crippen LogP contribution < -0.4 is 0 Å². The quantitative estimate of drug-likeness (QED) is 0.841. The minimum atomic E-state index is -2.40. The van der Waals surface area contributed by atoms with Crippen molar-refractivity contribution in [3.63, 3.8) is 0 Å². The van der Waals surface area contributed by atoms with Gasteiger partial charge in [-0.15, -0.1) is 0 Å². The number of rotatable bonds is 6. The molecule has 0 amide bonds. The molecule has 18 heavy (non-hydrogen) atoms. The molecule has 100 valence electrons. The molecule has 0 radical (unpaired) electrons. The molecule has 0 aliphatic heterocycles. The van der Waals surface area contributed by atoms with E-state index in [0.717, 1.165) is 0 Å². The summed E-state index contributed by atoms with van der Waals surface area (Å²) in [6.07, 6.45) is -3.47. The molecule has 0 spiro atoms. The van der Waals surface area contributed by atoms with Crippen LogP contribution in [0.2, 0.25) is 0 Å². The summed E-state index contributed by atoms with van der Waals surface area (Å²) in [4.78, 5) is 11.0. The van der Waals surface area contributed by atoms with Crippen LogP contribution in [-0.4, -0.2) is 22.6 Å². The van der Waals surface area contributed by atoms with Crippen molar-refractivity contribution in [2.75, 3.05) is 0 Å². The van der Waals surface area contributed by atoms with Crippen molar-refractivity contribution < 1.29 is 23.8 Å². The zero-order valence-electron chi connectivity index (χ0n) is 9.44. The lowest BCUT2D eigenvalue weighted by Gasteiger charge is -2.13. The molecule has 0 saturated heterocycles. The second-order valence-corrected chi connectivity index (χ2v) is 4.79. The first-order valence-corrected chi connectivity index (χ1v) is 6.20. The van der Waals surface area contributed by atoms with Crippen molar-refractivity contribution in [1.82, 2.24) is 0 Å². The molecule has 1 atom stereocenters. The van der Waals surface area contributed by atoms with Gasteiger partial charge in [-0.3, -0.25) is 0 Å². The van der Waals surface area contributed by atoms with Gasteiger partial charge in [-0.25, -0.2) is 13.6 Å². The van der Waals surface area contributed by atoms with E-state index in [2.05, 4.69) is 15.9 Å². The number of aliphatic hydroxyl groups excluding tert-OH is 1. The van der Waals surface area contributed by atoms with Crippen molar-refractivity contribution in [3.05, 3.63) is 33.8 Å². The van der Waals surface area contributed by atoms with Gasteiger partial charge in [-0.1, -0.05) is 22.0 Å². The first-order chi connectivity index (χ1) is 8.41. The molecule has 0 aliphatic rings. The fraction of sp³-hybridized carbons (Fsp3) is 0.417. The van der Waals surface area contributed by atoms with E-state index in [-0.39, 0.29) is 30.4 Å². The largest absolute Gasteiger partial charge is 0.478 e. The van der Waals surface area contributed by atoms with Crippen molar-refractivity contribution in [3.8, 4) is 0 Å². The smallest absolute Gasteiger partial charge is 0.336 e. The van der Waals surface area contributed by atoms with Crippen LogP contribution in [0.25, 0.3) is 0 Å². The molecule has 0 bridgehead atoms. The first kappa shape index (κ1) is 15.0. The minimum absolute atomic E-state index is 0.0195. The van der Waals surface area contributed by atoms with Crippen LogP contribution in [-0.2, 0) is 0 Å². The van der Waals surface area contributed by atoms with E-state index in [1.165, 1.54) is 12.1 Å². The molecular weight excluding hydrogens is 310 g/mol. The van der Waals surface area contributed by atoms with Gasteiger partial charge in [0.05, 0.1) is 11.7 Å². The third-order valence-corrected chi connectivity index (χ3v) is 3.00. The Kier molecular flexibility index (Phi) is 5.68.